The molecule has 26 heavy (non-hydrogen) atoms. The van der Waals surface area contributed by atoms with Crippen LogP contribution in [0.4, 0.5) is 5.82 Å². The van der Waals surface area contributed by atoms with Gasteiger partial charge in [0.15, 0.2) is 5.76 Å². The summed E-state index contributed by atoms with van der Waals surface area (Å²) in [4.78, 5) is 25.9. The lowest BCUT2D eigenvalue weighted by Crippen LogP contribution is -2.50. The molecule has 0 bridgehead atoms. The van der Waals surface area contributed by atoms with Crippen LogP contribution in [0.25, 0.3) is 11.0 Å². The van der Waals surface area contributed by atoms with Crippen molar-refractivity contribution in [2.45, 2.75) is 18.9 Å². The third kappa shape index (κ3) is 2.53. The average molecular weight is 348 g/mol. The molecular formula is C20H20N4O2. The lowest BCUT2D eigenvalue weighted by atomic mass is 9.92. The minimum Gasteiger partial charge on any atom is -0.451 e. The van der Waals surface area contributed by atoms with E-state index in [1.54, 1.807) is 18.6 Å². The summed E-state index contributed by atoms with van der Waals surface area (Å²) in [6.07, 6.45) is 7.33. The van der Waals surface area contributed by atoms with E-state index in [-0.39, 0.29) is 11.9 Å². The maximum absolute atomic E-state index is 13.1. The Morgan fingerprint density at radius 3 is 2.88 bits per heavy atom. The second kappa shape index (κ2) is 6.12. The van der Waals surface area contributed by atoms with Gasteiger partial charge >= 0.3 is 0 Å². The maximum atomic E-state index is 13.1. The first-order valence-corrected chi connectivity index (χ1v) is 9.10. The van der Waals surface area contributed by atoms with E-state index in [4.69, 9.17) is 4.42 Å². The molecule has 2 unspecified atom stereocenters. The van der Waals surface area contributed by atoms with Gasteiger partial charge in [-0.15, -0.1) is 0 Å². The molecule has 1 aromatic carbocycles. The van der Waals surface area contributed by atoms with E-state index in [1.807, 2.05) is 35.2 Å². The Morgan fingerprint density at radius 2 is 2.04 bits per heavy atom. The molecule has 6 nitrogen and oxygen atoms in total. The van der Waals surface area contributed by atoms with Gasteiger partial charge in [-0.2, -0.15) is 0 Å². The Balaban J connectivity index is 1.39. The minimum atomic E-state index is -0.00491. The van der Waals surface area contributed by atoms with Crippen molar-refractivity contribution >= 4 is 22.7 Å². The lowest BCUT2D eigenvalue weighted by molar-refractivity contribution is 0.0682. The van der Waals surface area contributed by atoms with Gasteiger partial charge in [-0.25, -0.2) is 4.98 Å². The fourth-order valence-electron chi connectivity index (χ4n) is 4.28. The zero-order chi connectivity index (χ0) is 17.5. The molecule has 2 fully saturated rings. The molecule has 1 amide bonds. The Bertz CT molecular complexity index is 906. The lowest BCUT2D eigenvalue weighted by Gasteiger charge is -2.38. The van der Waals surface area contributed by atoms with Crippen LogP contribution in [0, 0.1) is 5.92 Å². The van der Waals surface area contributed by atoms with Gasteiger partial charge in [0.1, 0.15) is 11.4 Å². The minimum absolute atomic E-state index is 0.00491. The Morgan fingerprint density at radius 1 is 1.15 bits per heavy atom. The molecule has 0 radical (unpaired) electrons. The van der Waals surface area contributed by atoms with Crippen LogP contribution in [0.2, 0.25) is 0 Å². The van der Waals surface area contributed by atoms with E-state index in [1.165, 1.54) is 0 Å². The number of likely N-dealkylation sites (tertiary alicyclic amines) is 1. The van der Waals surface area contributed by atoms with Crippen LogP contribution < -0.4 is 4.90 Å². The van der Waals surface area contributed by atoms with Crippen LogP contribution in [-0.4, -0.2) is 46.5 Å². The molecule has 0 spiro atoms. The fraction of sp³-hybridized carbons (Fsp3) is 0.350. The maximum Gasteiger partial charge on any atom is 0.289 e. The summed E-state index contributed by atoms with van der Waals surface area (Å²) in [5, 5.41) is 0.969. The number of para-hydroxylation sites is 1. The quantitative estimate of drug-likeness (QED) is 0.712. The smallest absolute Gasteiger partial charge is 0.289 e. The molecule has 0 N–H and O–H groups in total. The number of aromatic nitrogens is 2. The standard InChI is InChI=1S/C20H20N4O2/c25-20(18-11-15-3-1-2-4-17(15)26-18)24-10-6-14-5-9-23(13-16(14)24)19-12-21-7-8-22-19/h1-4,7-8,11-12,14,16H,5-6,9-10,13H2. The first-order valence-electron chi connectivity index (χ1n) is 9.10. The number of carbonyl (C=O) groups is 1. The first-order chi connectivity index (χ1) is 12.8. The average Bonchev–Trinajstić information content (AvgIpc) is 3.32. The van der Waals surface area contributed by atoms with Crippen molar-refractivity contribution in [1.29, 1.82) is 0 Å². The molecule has 0 saturated carbocycles. The van der Waals surface area contributed by atoms with E-state index < -0.39 is 0 Å². The fourth-order valence-corrected chi connectivity index (χ4v) is 4.28. The normalized spacial score (nSPS) is 22.6. The Kier molecular flexibility index (Phi) is 3.62. The summed E-state index contributed by atoms with van der Waals surface area (Å²) in [6, 6.07) is 9.80. The van der Waals surface area contributed by atoms with Crippen LogP contribution in [0.5, 0.6) is 0 Å². The van der Waals surface area contributed by atoms with E-state index >= 15 is 0 Å². The molecule has 5 rings (SSSR count). The summed E-state index contributed by atoms with van der Waals surface area (Å²) in [5.74, 6) is 1.86. The van der Waals surface area contributed by atoms with Crippen LogP contribution in [0.1, 0.15) is 23.4 Å². The number of benzene rings is 1. The number of piperidine rings is 1. The zero-order valence-corrected chi connectivity index (χ0v) is 14.4. The molecule has 3 aromatic rings. The van der Waals surface area contributed by atoms with Gasteiger partial charge in [-0.3, -0.25) is 9.78 Å². The predicted molar refractivity (Wildman–Crippen MR) is 98.0 cm³/mol. The number of anilines is 1. The largest absolute Gasteiger partial charge is 0.451 e. The number of furan rings is 1. The highest BCUT2D eigenvalue weighted by atomic mass is 16.3. The van der Waals surface area contributed by atoms with Crippen molar-refractivity contribution < 1.29 is 9.21 Å². The highest BCUT2D eigenvalue weighted by Crippen LogP contribution is 2.34. The molecule has 2 aliphatic rings. The van der Waals surface area contributed by atoms with Crippen molar-refractivity contribution in [2.24, 2.45) is 5.92 Å². The molecule has 6 heteroatoms. The highest BCUT2D eigenvalue weighted by Gasteiger charge is 2.41. The van der Waals surface area contributed by atoms with Gasteiger partial charge < -0.3 is 14.2 Å². The third-order valence-electron chi connectivity index (χ3n) is 5.63. The van der Waals surface area contributed by atoms with Crippen LogP contribution in [0.15, 0.2) is 53.3 Å². The van der Waals surface area contributed by atoms with E-state index in [0.29, 0.717) is 11.7 Å². The summed E-state index contributed by atoms with van der Waals surface area (Å²) < 4.78 is 5.81. The summed E-state index contributed by atoms with van der Waals surface area (Å²) in [5.41, 5.74) is 0.761. The zero-order valence-electron chi connectivity index (χ0n) is 14.4. The number of rotatable bonds is 2. The second-order valence-corrected chi connectivity index (χ2v) is 7.06. The van der Waals surface area contributed by atoms with Crippen molar-refractivity contribution in [3.05, 3.63) is 54.7 Å². The predicted octanol–water partition coefficient (Wildman–Crippen LogP) is 2.96. The molecular weight excluding hydrogens is 328 g/mol. The van der Waals surface area contributed by atoms with Gasteiger partial charge in [0.25, 0.3) is 5.91 Å². The monoisotopic (exact) mass is 348 g/mol. The number of carbonyl (C=O) groups excluding carboxylic acids is 1. The van der Waals surface area contributed by atoms with Crippen molar-refractivity contribution in [1.82, 2.24) is 14.9 Å². The molecule has 2 aromatic heterocycles. The number of amides is 1. The highest BCUT2D eigenvalue weighted by molar-refractivity contribution is 5.96. The Hall–Kier alpha value is -2.89. The summed E-state index contributed by atoms with van der Waals surface area (Å²) >= 11 is 0. The number of hydrogen-bond acceptors (Lipinski definition) is 5. The molecule has 0 aliphatic carbocycles. The third-order valence-corrected chi connectivity index (χ3v) is 5.63. The SMILES string of the molecule is O=C(c1cc2ccccc2o1)N1CCC2CCN(c3cnccn3)CC21. The van der Waals surface area contributed by atoms with E-state index in [9.17, 15) is 4.79 Å². The Labute approximate surface area is 151 Å². The molecule has 2 saturated heterocycles. The topological polar surface area (TPSA) is 62.5 Å². The van der Waals surface area contributed by atoms with Gasteiger partial charge in [-0.05, 0) is 30.9 Å². The first kappa shape index (κ1) is 15.4. The number of fused-ring (bicyclic) bond motifs is 2. The van der Waals surface area contributed by atoms with Crippen molar-refractivity contribution in [3.8, 4) is 0 Å². The molecule has 4 heterocycles. The van der Waals surface area contributed by atoms with Gasteiger partial charge in [0.05, 0.1) is 12.2 Å². The van der Waals surface area contributed by atoms with E-state index in [2.05, 4.69) is 14.9 Å². The summed E-state index contributed by atoms with van der Waals surface area (Å²) in [6.45, 7) is 2.56. The van der Waals surface area contributed by atoms with Gasteiger partial charge in [0.2, 0.25) is 0 Å². The number of hydrogen-bond donors (Lipinski definition) is 0. The van der Waals surface area contributed by atoms with Crippen LogP contribution in [-0.2, 0) is 0 Å². The second-order valence-electron chi connectivity index (χ2n) is 7.06. The van der Waals surface area contributed by atoms with Crippen molar-refractivity contribution in [2.75, 3.05) is 24.5 Å². The molecule has 2 aliphatic heterocycles. The number of nitrogens with zero attached hydrogens (tertiary/aromatic N) is 4. The van der Waals surface area contributed by atoms with Crippen LogP contribution >= 0.6 is 0 Å². The van der Waals surface area contributed by atoms with Crippen LogP contribution in [0.3, 0.4) is 0 Å². The van der Waals surface area contributed by atoms with Crippen molar-refractivity contribution in [3.63, 3.8) is 0 Å². The molecule has 2 atom stereocenters. The molecule has 132 valence electrons. The van der Waals surface area contributed by atoms with E-state index in [0.717, 1.165) is 49.3 Å². The van der Waals surface area contributed by atoms with Gasteiger partial charge in [0, 0.05) is 37.4 Å². The summed E-state index contributed by atoms with van der Waals surface area (Å²) in [7, 11) is 0. The van der Waals surface area contributed by atoms with Gasteiger partial charge in [-0.1, -0.05) is 18.2 Å².